The van der Waals surface area contributed by atoms with E-state index in [1.165, 1.54) is 11.3 Å². The first-order valence-corrected chi connectivity index (χ1v) is 6.63. The molecule has 0 aliphatic carbocycles. The van der Waals surface area contributed by atoms with E-state index in [2.05, 4.69) is 44.8 Å². The molecule has 17 heavy (non-hydrogen) atoms. The molecule has 94 valence electrons. The number of rotatable bonds is 4. The Kier molecular flexibility index (Phi) is 3.82. The van der Waals surface area contributed by atoms with E-state index < -0.39 is 0 Å². The van der Waals surface area contributed by atoms with Crippen molar-refractivity contribution >= 4 is 0 Å². The molecule has 0 N–H and O–H groups in total. The lowest BCUT2D eigenvalue weighted by Gasteiger charge is -2.27. The van der Waals surface area contributed by atoms with E-state index in [1.54, 1.807) is 0 Å². The Morgan fingerprint density at radius 1 is 1.12 bits per heavy atom. The van der Waals surface area contributed by atoms with E-state index >= 15 is 0 Å². The van der Waals surface area contributed by atoms with Crippen LogP contribution < -0.4 is 0 Å². The Morgan fingerprint density at radius 2 is 1.76 bits per heavy atom. The van der Waals surface area contributed by atoms with Crippen LogP contribution >= 0.6 is 0 Å². The highest BCUT2D eigenvalue weighted by Gasteiger charge is 2.23. The number of aromatic nitrogens is 1. The molecule has 0 bridgehead atoms. The van der Waals surface area contributed by atoms with Crippen LogP contribution in [0.15, 0.2) is 18.3 Å². The summed E-state index contributed by atoms with van der Waals surface area (Å²) in [5.74, 6) is 2.41. The predicted molar refractivity (Wildman–Crippen MR) is 70.2 cm³/mol. The van der Waals surface area contributed by atoms with Gasteiger partial charge in [0.2, 0.25) is 0 Å². The van der Waals surface area contributed by atoms with Gasteiger partial charge in [0.25, 0.3) is 0 Å². The van der Waals surface area contributed by atoms with Crippen LogP contribution in [0, 0.1) is 11.8 Å². The summed E-state index contributed by atoms with van der Waals surface area (Å²) in [4.78, 5) is 4.67. The quantitative estimate of drug-likeness (QED) is 0.793. The second-order valence-corrected chi connectivity index (χ2v) is 5.76. The third-order valence-electron chi connectivity index (χ3n) is 3.70. The lowest BCUT2D eigenvalue weighted by Crippen LogP contribution is -2.25. The summed E-state index contributed by atoms with van der Waals surface area (Å²) in [5, 5.41) is 0. The van der Waals surface area contributed by atoms with Gasteiger partial charge in [-0.1, -0.05) is 33.8 Å². The molecule has 1 fully saturated rings. The molecular weight excluding hydrogens is 210 g/mol. The van der Waals surface area contributed by atoms with E-state index in [-0.39, 0.29) is 0 Å². The van der Waals surface area contributed by atoms with Crippen LogP contribution in [0.3, 0.4) is 0 Å². The summed E-state index contributed by atoms with van der Waals surface area (Å²) in [6.45, 7) is 10.8. The van der Waals surface area contributed by atoms with Crippen molar-refractivity contribution in [3.05, 3.63) is 29.6 Å². The number of ether oxygens (including phenoxy) is 1. The van der Waals surface area contributed by atoms with Crippen molar-refractivity contribution in [1.29, 1.82) is 0 Å². The van der Waals surface area contributed by atoms with Crippen LogP contribution in [0.1, 0.15) is 50.8 Å². The highest BCUT2D eigenvalue weighted by molar-refractivity contribution is 5.22. The molecular formula is C15H23NO. The minimum absolute atomic E-state index is 0.557. The molecule has 1 aliphatic rings. The highest BCUT2D eigenvalue weighted by atomic mass is 16.5. The van der Waals surface area contributed by atoms with Crippen LogP contribution in [0.2, 0.25) is 0 Å². The molecule has 0 atom stereocenters. The van der Waals surface area contributed by atoms with Crippen molar-refractivity contribution < 1.29 is 4.74 Å². The summed E-state index contributed by atoms with van der Waals surface area (Å²) < 4.78 is 5.22. The molecule has 2 heterocycles. The van der Waals surface area contributed by atoms with Gasteiger partial charge in [0, 0.05) is 23.7 Å². The number of hydrogen-bond acceptors (Lipinski definition) is 2. The first-order chi connectivity index (χ1) is 8.09. The molecule has 0 unspecified atom stereocenters. The van der Waals surface area contributed by atoms with E-state index in [0.29, 0.717) is 23.7 Å². The monoisotopic (exact) mass is 233 g/mol. The van der Waals surface area contributed by atoms with Gasteiger partial charge in [-0.2, -0.15) is 0 Å². The van der Waals surface area contributed by atoms with Crippen LogP contribution in [0.5, 0.6) is 0 Å². The molecule has 1 aliphatic heterocycles. The van der Waals surface area contributed by atoms with Gasteiger partial charge < -0.3 is 4.74 Å². The first-order valence-electron chi connectivity index (χ1n) is 6.63. The largest absolute Gasteiger partial charge is 0.380 e. The van der Waals surface area contributed by atoms with Gasteiger partial charge in [0.05, 0.1) is 13.2 Å². The minimum atomic E-state index is 0.557. The van der Waals surface area contributed by atoms with Gasteiger partial charge in [-0.15, -0.1) is 0 Å². The average Bonchev–Trinajstić information content (AvgIpc) is 2.17. The number of nitrogens with zero attached hydrogens (tertiary/aromatic N) is 1. The van der Waals surface area contributed by atoms with Gasteiger partial charge in [-0.05, 0) is 23.5 Å². The first kappa shape index (κ1) is 12.6. The number of hydrogen-bond donors (Lipinski definition) is 0. The van der Waals surface area contributed by atoms with Gasteiger partial charge in [-0.25, -0.2) is 0 Å². The second kappa shape index (κ2) is 5.18. The normalized spacial score (nSPS) is 16.9. The molecule has 0 saturated carbocycles. The van der Waals surface area contributed by atoms with E-state index in [0.717, 1.165) is 13.2 Å². The van der Waals surface area contributed by atoms with Crippen molar-refractivity contribution in [3.63, 3.8) is 0 Å². The van der Waals surface area contributed by atoms with Gasteiger partial charge >= 0.3 is 0 Å². The molecule has 0 spiro atoms. The minimum Gasteiger partial charge on any atom is -0.380 e. The molecule has 1 saturated heterocycles. The van der Waals surface area contributed by atoms with Crippen LogP contribution in [-0.2, 0) is 4.74 Å². The van der Waals surface area contributed by atoms with Crippen molar-refractivity contribution in [2.75, 3.05) is 13.2 Å². The van der Waals surface area contributed by atoms with E-state index in [9.17, 15) is 0 Å². The van der Waals surface area contributed by atoms with Crippen molar-refractivity contribution in [2.45, 2.75) is 39.5 Å². The Labute approximate surface area is 104 Å². The summed E-state index contributed by atoms with van der Waals surface area (Å²) >= 11 is 0. The zero-order valence-corrected chi connectivity index (χ0v) is 11.3. The molecule has 1 aromatic heterocycles. The maximum absolute atomic E-state index is 5.22. The zero-order chi connectivity index (χ0) is 12.4. The van der Waals surface area contributed by atoms with Crippen molar-refractivity contribution in [2.24, 2.45) is 11.8 Å². The molecule has 0 aromatic carbocycles. The zero-order valence-electron chi connectivity index (χ0n) is 11.3. The predicted octanol–water partition coefficient (Wildman–Crippen LogP) is 3.59. The molecule has 2 heteroatoms. The molecule has 1 aromatic rings. The maximum atomic E-state index is 5.22. The summed E-state index contributed by atoms with van der Waals surface area (Å²) in [6, 6.07) is 4.44. The fraction of sp³-hybridized carbons (Fsp3) is 0.667. The standard InChI is InChI=1S/C15H23NO/c1-10(2)15(11(3)4)14-6-5-12(7-16-14)13-8-17-9-13/h5-7,10-11,13,15H,8-9H2,1-4H3. The lowest BCUT2D eigenvalue weighted by molar-refractivity contribution is 0.00827. The third kappa shape index (κ3) is 2.68. The fourth-order valence-electron chi connectivity index (χ4n) is 2.74. The fourth-order valence-corrected chi connectivity index (χ4v) is 2.74. The van der Waals surface area contributed by atoms with Gasteiger partial charge in [-0.3, -0.25) is 4.98 Å². The SMILES string of the molecule is CC(C)C(c1ccc(C2COC2)cn1)C(C)C. The topological polar surface area (TPSA) is 22.1 Å². The van der Waals surface area contributed by atoms with Crippen molar-refractivity contribution in [1.82, 2.24) is 4.98 Å². The Balaban J connectivity index is 2.15. The van der Waals surface area contributed by atoms with E-state index in [4.69, 9.17) is 4.74 Å². The third-order valence-corrected chi connectivity index (χ3v) is 3.70. The average molecular weight is 233 g/mol. The molecule has 0 radical (unpaired) electrons. The Hall–Kier alpha value is -0.890. The van der Waals surface area contributed by atoms with Crippen molar-refractivity contribution in [3.8, 4) is 0 Å². The van der Waals surface area contributed by atoms with Gasteiger partial charge in [0.1, 0.15) is 0 Å². The Bertz CT molecular complexity index is 344. The summed E-state index contributed by atoms with van der Waals surface area (Å²) in [5.41, 5.74) is 2.56. The van der Waals surface area contributed by atoms with Crippen LogP contribution in [0.25, 0.3) is 0 Å². The maximum Gasteiger partial charge on any atom is 0.0557 e. The van der Waals surface area contributed by atoms with Crippen LogP contribution in [-0.4, -0.2) is 18.2 Å². The second-order valence-electron chi connectivity index (χ2n) is 5.76. The smallest absolute Gasteiger partial charge is 0.0557 e. The summed E-state index contributed by atoms with van der Waals surface area (Å²) in [7, 11) is 0. The van der Waals surface area contributed by atoms with Gasteiger partial charge in [0.15, 0.2) is 0 Å². The molecule has 0 amide bonds. The van der Waals surface area contributed by atoms with Crippen LogP contribution in [0.4, 0.5) is 0 Å². The number of pyridine rings is 1. The highest BCUT2D eigenvalue weighted by Crippen LogP contribution is 2.31. The van der Waals surface area contributed by atoms with E-state index in [1.807, 2.05) is 6.20 Å². The lowest BCUT2D eigenvalue weighted by atomic mass is 9.82. The Morgan fingerprint density at radius 3 is 2.12 bits per heavy atom. The molecule has 2 nitrogen and oxygen atoms in total. The molecule has 2 rings (SSSR count). The summed E-state index contributed by atoms with van der Waals surface area (Å²) in [6.07, 6.45) is 2.04.